The molecule has 16 heavy (non-hydrogen) atoms. The predicted octanol–water partition coefficient (Wildman–Crippen LogP) is 1.49. The Morgan fingerprint density at radius 3 is 2.44 bits per heavy atom. The minimum absolute atomic E-state index is 0.256. The first kappa shape index (κ1) is 12.2. The normalized spacial score (nSPS) is 11.8. The third kappa shape index (κ3) is 3.38. The number of aryl methyl sites for hydroxylation is 1. The number of hydrogen-bond donors (Lipinski definition) is 1. The van der Waals surface area contributed by atoms with Crippen LogP contribution in [0.15, 0.2) is 30.3 Å². The number of carbonyl (C=O) groups excluding carboxylic acids is 1. The maximum atomic E-state index is 11.2. The van der Waals surface area contributed by atoms with Crippen LogP contribution in [0.5, 0.6) is 0 Å². The van der Waals surface area contributed by atoms with E-state index in [1.165, 1.54) is 7.11 Å². The Balaban J connectivity index is 2.57. The summed E-state index contributed by atoms with van der Waals surface area (Å²) in [6, 6.07) is 9.44. The van der Waals surface area contributed by atoms with Gasteiger partial charge in [0.05, 0.1) is 7.11 Å². The first-order valence-corrected chi connectivity index (χ1v) is 4.99. The predicted molar refractivity (Wildman–Crippen MR) is 57.9 cm³/mol. The summed E-state index contributed by atoms with van der Waals surface area (Å²) in [6.07, 6.45) is 0.804. The van der Waals surface area contributed by atoms with Crippen molar-refractivity contribution in [2.75, 3.05) is 7.11 Å². The van der Waals surface area contributed by atoms with Crippen molar-refractivity contribution in [2.45, 2.75) is 12.8 Å². The Kier molecular flexibility index (Phi) is 4.51. The quantitative estimate of drug-likeness (QED) is 0.605. The number of rotatable bonds is 5. The number of carboxylic acids is 1. The summed E-state index contributed by atoms with van der Waals surface area (Å²) in [4.78, 5) is 22.0. The highest BCUT2D eigenvalue weighted by atomic mass is 16.5. The Morgan fingerprint density at radius 2 is 1.94 bits per heavy atom. The Morgan fingerprint density at radius 1 is 1.31 bits per heavy atom. The van der Waals surface area contributed by atoms with E-state index in [0.717, 1.165) is 5.56 Å². The molecule has 0 aliphatic rings. The van der Waals surface area contributed by atoms with Crippen LogP contribution in [0.25, 0.3) is 0 Å². The van der Waals surface area contributed by atoms with Crippen LogP contribution < -0.4 is 0 Å². The molecule has 1 aromatic carbocycles. The van der Waals surface area contributed by atoms with Gasteiger partial charge in [-0.05, 0) is 18.4 Å². The molecule has 4 heteroatoms. The van der Waals surface area contributed by atoms with Gasteiger partial charge in [0.1, 0.15) is 0 Å². The molecule has 0 heterocycles. The molecule has 86 valence electrons. The number of benzene rings is 1. The van der Waals surface area contributed by atoms with Crippen LogP contribution in [0, 0.1) is 5.92 Å². The van der Waals surface area contributed by atoms with Crippen LogP contribution in [0.1, 0.15) is 12.0 Å². The maximum Gasteiger partial charge on any atom is 0.320 e. The molecular weight excluding hydrogens is 208 g/mol. The van der Waals surface area contributed by atoms with Crippen molar-refractivity contribution in [1.82, 2.24) is 0 Å². The molecule has 1 atom stereocenters. The van der Waals surface area contributed by atoms with E-state index >= 15 is 0 Å². The minimum Gasteiger partial charge on any atom is -0.481 e. The summed E-state index contributed by atoms with van der Waals surface area (Å²) < 4.78 is 4.44. The summed E-state index contributed by atoms with van der Waals surface area (Å²) in [7, 11) is 1.20. The van der Waals surface area contributed by atoms with Crippen LogP contribution in [0.3, 0.4) is 0 Å². The van der Waals surface area contributed by atoms with Crippen LogP contribution in [-0.2, 0) is 20.7 Å². The second-order valence-electron chi connectivity index (χ2n) is 3.44. The molecule has 1 unspecified atom stereocenters. The Hall–Kier alpha value is -1.84. The van der Waals surface area contributed by atoms with E-state index in [0.29, 0.717) is 6.42 Å². The Labute approximate surface area is 93.9 Å². The van der Waals surface area contributed by atoms with E-state index < -0.39 is 17.9 Å². The van der Waals surface area contributed by atoms with Gasteiger partial charge in [0.15, 0.2) is 5.92 Å². The van der Waals surface area contributed by atoms with Crippen LogP contribution in [0.4, 0.5) is 0 Å². The van der Waals surface area contributed by atoms with Gasteiger partial charge >= 0.3 is 11.9 Å². The van der Waals surface area contributed by atoms with Crippen LogP contribution >= 0.6 is 0 Å². The van der Waals surface area contributed by atoms with Gasteiger partial charge in [0, 0.05) is 0 Å². The van der Waals surface area contributed by atoms with Crippen LogP contribution in [-0.4, -0.2) is 24.2 Å². The third-order valence-electron chi connectivity index (χ3n) is 2.35. The molecule has 0 fully saturated rings. The van der Waals surface area contributed by atoms with Gasteiger partial charge in [0.25, 0.3) is 0 Å². The largest absolute Gasteiger partial charge is 0.481 e. The van der Waals surface area contributed by atoms with Gasteiger partial charge < -0.3 is 9.84 Å². The molecule has 0 amide bonds. The maximum absolute atomic E-state index is 11.2. The average Bonchev–Trinajstić information content (AvgIpc) is 2.30. The summed E-state index contributed by atoms with van der Waals surface area (Å²) in [5, 5.41) is 8.85. The third-order valence-corrected chi connectivity index (χ3v) is 2.35. The molecule has 1 N–H and O–H groups in total. The van der Waals surface area contributed by atoms with Crippen molar-refractivity contribution in [3.63, 3.8) is 0 Å². The number of carbonyl (C=O) groups is 2. The van der Waals surface area contributed by atoms with Crippen molar-refractivity contribution in [3.05, 3.63) is 35.9 Å². The fraction of sp³-hybridized carbons (Fsp3) is 0.333. The second kappa shape index (κ2) is 5.90. The van der Waals surface area contributed by atoms with E-state index in [2.05, 4.69) is 4.74 Å². The van der Waals surface area contributed by atoms with Gasteiger partial charge in [-0.1, -0.05) is 30.3 Å². The highest BCUT2D eigenvalue weighted by Gasteiger charge is 2.26. The number of methoxy groups -OCH3 is 1. The zero-order valence-corrected chi connectivity index (χ0v) is 9.05. The van der Waals surface area contributed by atoms with Crippen molar-refractivity contribution in [1.29, 1.82) is 0 Å². The van der Waals surface area contributed by atoms with Gasteiger partial charge in [-0.25, -0.2) is 0 Å². The number of hydrogen-bond acceptors (Lipinski definition) is 3. The molecule has 4 nitrogen and oxygen atoms in total. The van der Waals surface area contributed by atoms with Gasteiger partial charge in [-0.15, -0.1) is 0 Å². The van der Waals surface area contributed by atoms with Gasteiger partial charge in [-0.3, -0.25) is 9.59 Å². The fourth-order valence-corrected chi connectivity index (χ4v) is 1.44. The number of aliphatic carboxylic acids is 1. The molecule has 1 rings (SSSR count). The molecule has 0 radical (unpaired) electrons. The lowest BCUT2D eigenvalue weighted by Gasteiger charge is -2.09. The Bertz CT molecular complexity index is 359. The van der Waals surface area contributed by atoms with Crippen molar-refractivity contribution < 1.29 is 19.4 Å². The number of esters is 1. The molecule has 0 aliphatic carbocycles. The summed E-state index contributed by atoms with van der Waals surface area (Å²) in [6.45, 7) is 0. The van der Waals surface area contributed by atoms with Crippen molar-refractivity contribution >= 4 is 11.9 Å². The first-order valence-electron chi connectivity index (χ1n) is 4.99. The fourth-order valence-electron chi connectivity index (χ4n) is 1.44. The van der Waals surface area contributed by atoms with E-state index in [1.807, 2.05) is 30.3 Å². The number of carboxylic acid groups (broad SMARTS) is 1. The molecule has 0 aliphatic heterocycles. The van der Waals surface area contributed by atoms with Crippen molar-refractivity contribution in [3.8, 4) is 0 Å². The first-order chi connectivity index (χ1) is 7.65. The summed E-state index contributed by atoms with van der Waals surface area (Å²) in [5.74, 6) is -2.91. The average molecular weight is 222 g/mol. The van der Waals surface area contributed by atoms with Gasteiger partial charge in [0.2, 0.25) is 0 Å². The van der Waals surface area contributed by atoms with Gasteiger partial charge in [-0.2, -0.15) is 0 Å². The van der Waals surface area contributed by atoms with Crippen LogP contribution in [0.2, 0.25) is 0 Å². The molecule has 0 aromatic heterocycles. The number of ether oxygens (including phenoxy) is 1. The minimum atomic E-state index is -1.14. The highest BCUT2D eigenvalue weighted by Crippen LogP contribution is 2.11. The summed E-state index contributed by atoms with van der Waals surface area (Å²) in [5.41, 5.74) is 1.01. The molecule has 0 bridgehead atoms. The molecular formula is C12H14O4. The van der Waals surface area contributed by atoms with E-state index in [4.69, 9.17) is 5.11 Å². The molecule has 0 spiro atoms. The van der Waals surface area contributed by atoms with E-state index in [-0.39, 0.29) is 6.42 Å². The summed E-state index contributed by atoms with van der Waals surface area (Å²) >= 11 is 0. The zero-order valence-electron chi connectivity index (χ0n) is 9.05. The van der Waals surface area contributed by atoms with Crippen molar-refractivity contribution in [2.24, 2.45) is 5.92 Å². The zero-order chi connectivity index (χ0) is 12.0. The van der Waals surface area contributed by atoms with E-state index in [9.17, 15) is 9.59 Å². The lowest BCUT2D eigenvalue weighted by molar-refractivity contribution is -0.156. The molecule has 0 saturated carbocycles. The topological polar surface area (TPSA) is 63.6 Å². The SMILES string of the molecule is COC(=O)C(CCc1ccccc1)C(=O)O. The highest BCUT2D eigenvalue weighted by molar-refractivity contribution is 5.93. The monoisotopic (exact) mass is 222 g/mol. The molecule has 1 aromatic rings. The lowest BCUT2D eigenvalue weighted by Crippen LogP contribution is -2.25. The smallest absolute Gasteiger partial charge is 0.320 e. The second-order valence-corrected chi connectivity index (χ2v) is 3.44. The van der Waals surface area contributed by atoms with E-state index in [1.54, 1.807) is 0 Å². The molecule has 0 saturated heterocycles. The lowest BCUT2D eigenvalue weighted by atomic mass is 10.00. The standard InChI is InChI=1S/C12H14O4/c1-16-12(15)10(11(13)14)8-7-9-5-3-2-4-6-9/h2-6,10H,7-8H2,1H3,(H,13,14).